The molecule has 0 aliphatic heterocycles. The number of anilines is 2. The Kier molecular flexibility index (Phi) is 6.78. The molecule has 0 aliphatic carbocycles. The summed E-state index contributed by atoms with van der Waals surface area (Å²) in [5.74, 6) is 2.92. The van der Waals surface area contributed by atoms with Crippen LogP contribution >= 0.6 is 0 Å². The van der Waals surface area contributed by atoms with Gasteiger partial charge in [-0.05, 0) is 55.2 Å². The van der Waals surface area contributed by atoms with E-state index in [1.807, 2.05) is 31.2 Å². The summed E-state index contributed by atoms with van der Waals surface area (Å²) < 4.78 is 18.2. The van der Waals surface area contributed by atoms with Crippen molar-refractivity contribution in [2.45, 2.75) is 19.8 Å². The minimum atomic E-state index is -0.215. The van der Waals surface area contributed by atoms with Gasteiger partial charge in [-0.2, -0.15) is 0 Å². The van der Waals surface area contributed by atoms with Crippen molar-refractivity contribution in [2.75, 3.05) is 30.8 Å². The summed E-state index contributed by atoms with van der Waals surface area (Å²) in [7, 11) is 1.67. The van der Waals surface area contributed by atoms with Gasteiger partial charge >= 0.3 is 0 Å². The van der Waals surface area contributed by atoms with E-state index in [9.17, 15) is 4.39 Å². The molecule has 146 valence electrons. The summed E-state index contributed by atoms with van der Waals surface area (Å²) >= 11 is 0. The van der Waals surface area contributed by atoms with Gasteiger partial charge in [0.1, 0.15) is 29.0 Å². The lowest BCUT2D eigenvalue weighted by molar-refractivity contribution is 0.414. The van der Waals surface area contributed by atoms with E-state index in [4.69, 9.17) is 4.74 Å². The average molecular weight is 380 g/mol. The number of benzene rings is 2. The molecule has 3 rings (SSSR count). The molecule has 3 aromatic rings. The second-order valence-corrected chi connectivity index (χ2v) is 6.52. The van der Waals surface area contributed by atoms with E-state index in [0.717, 1.165) is 42.3 Å². The molecule has 0 spiro atoms. The van der Waals surface area contributed by atoms with Gasteiger partial charge in [0.25, 0.3) is 0 Å². The third-order valence-electron chi connectivity index (χ3n) is 4.32. The van der Waals surface area contributed by atoms with Crippen LogP contribution in [0.5, 0.6) is 5.75 Å². The molecule has 1 heterocycles. The predicted molar refractivity (Wildman–Crippen MR) is 111 cm³/mol. The standard InChI is InChI=1S/C22H25FN4O/c1-16-26-21(24-12-10-17-6-8-19(23)9-7-17)15-22(27-16)25-13-11-18-4-3-5-20(14-18)28-2/h3-9,14-15H,10-13H2,1-2H3,(H2,24,25,26,27). The SMILES string of the molecule is COc1cccc(CCNc2cc(NCCc3ccc(F)cc3)nc(C)n2)c1. The van der Waals surface area contributed by atoms with Crippen molar-refractivity contribution in [2.24, 2.45) is 0 Å². The van der Waals surface area contributed by atoms with Crippen LogP contribution in [0.2, 0.25) is 0 Å². The Hall–Kier alpha value is -3.15. The van der Waals surface area contributed by atoms with Crippen LogP contribution < -0.4 is 15.4 Å². The highest BCUT2D eigenvalue weighted by Crippen LogP contribution is 2.14. The monoisotopic (exact) mass is 380 g/mol. The van der Waals surface area contributed by atoms with Crippen molar-refractivity contribution < 1.29 is 9.13 Å². The molecule has 0 saturated carbocycles. The maximum absolute atomic E-state index is 13.0. The summed E-state index contributed by atoms with van der Waals surface area (Å²) in [4.78, 5) is 8.88. The Morgan fingerprint density at radius 1 is 0.857 bits per heavy atom. The van der Waals surface area contributed by atoms with Crippen LogP contribution in [-0.2, 0) is 12.8 Å². The number of ether oxygens (including phenoxy) is 1. The highest BCUT2D eigenvalue weighted by Gasteiger charge is 2.03. The van der Waals surface area contributed by atoms with Gasteiger partial charge in [0.05, 0.1) is 7.11 Å². The molecule has 0 unspecified atom stereocenters. The van der Waals surface area contributed by atoms with Crippen LogP contribution in [-0.4, -0.2) is 30.2 Å². The van der Waals surface area contributed by atoms with E-state index in [-0.39, 0.29) is 5.82 Å². The number of hydrogen-bond donors (Lipinski definition) is 2. The largest absolute Gasteiger partial charge is 0.497 e. The Labute approximate surface area is 165 Å². The van der Waals surface area contributed by atoms with E-state index in [2.05, 4.69) is 26.7 Å². The van der Waals surface area contributed by atoms with Crippen LogP contribution in [0.3, 0.4) is 0 Å². The summed E-state index contributed by atoms with van der Waals surface area (Å²) in [6.45, 7) is 3.35. The lowest BCUT2D eigenvalue weighted by Crippen LogP contribution is -2.11. The smallest absolute Gasteiger partial charge is 0.131 e. The highest BCUT2D eigenvalue weighted by molar-refractivity contribution is 5.47. The molecule has 6 heteroatoms. The summed E-state index contributed by atoms with van der Waals surface area (Å²) in [6, 6.07) is 16.5. The Morgan fingerprint density at radius 2 is 1.50 bits per heavy atom. The third kappa shape index (κ3) is 5.94. The fourth-order valence-corrected chi connectivity index (χ4v) is 2.90. The fourth-order valence-electron chi connectivity index (χ4n) is 2.90. The number of halogens is 1. The van der Waals surface area contributed by atoms with E-state index in [0.29, 0.717) is 12.4 Å². The molecular formula is C22H25FN4O. The zero-order chi connectivity index (χ0) is 19.8. The topological polar surface area (TPSA) is 59.1 Å². The quantitative estimate of drug-likeness (QED) is 0.581. The van der Waals surface area contributed by atoms with Gasteiger partial charge in [-0.3, -0.25) is 0 Å². The van der Waals surface area contributed by atoms with Gasteiger partial charge in [-0.25, -0.2) is 14.4 Å². The van der Waals surface area contributed by atoms with Crippen LogP contribution in [0, 0.1) is 12.7 Å². The van der Waals surface area contributed by atoms with Gasteiger partial charge in [0.15, 0.2) is 0 Å². The minimum absolute atomic E-state index is 0.215. The van der Waals surface area contributed by atoms with Crippen molar-refractivity contribution in [1.82, 2.24) is 9.97 Å². The van der Waals surface area contributed by atoms with Gasteiger partial charge in [0.2, 0.25) is 0 Å². The summed E-state index contributed by atoms with van der Waals surface area (Å²) in [5.41, 5.74) is 2.28. The predicted octanol–water partition coefficient (Wildman–Crippen LogP) is 4.24. The Morgan fingerprint density at radius 3 is 2.14 bits per heavy atom. The van der Waals surface area contributed by atoms with Crippen molar-refractivity contribution in [3.05, 3.63) is 77.4 Å². The van der Waals surface area contributed by atoms with Crippen LogP contribution in [0.25, 0.3) is 0 Å². The molecule has 0 saturated heterocycles. The summed E-state index contributed by atoms with van der Waals surface area (Å²) in [6.07, 6.45) is 1.66. The number of rotatable bonds is 9. The number of nitrogens with zero attached hydrogens (tertiary/aromatic N) is 2. The normalized spacial score (nSPS) is 10.5. The van der Waals surface area contributed by atoms with E-state index in [1.54, 1.807) is 19.2 Å². The van der Waals surface area contributed by atoms with Crippen molar-refractivity contribution in [1.29, 1.82) is 0 Å². The minimum Gasteiger partial charge on any atom is -0.497 e. The van der Waals surface area contributed by atoms with Crippen molar-refractivity contribution in [3.63, 3.8) is 0 Å². The molecule has 1 aromatic heterocycles. The number of aromatic nitrogens is 2. The lowest BCUT2D eigenvalue weighted by Gasteiger charge is -2.11. The Bertz CT molecular complexity index is 899. The zero-order valence-corrected chi connectivity index (χ0v) is 16.2. The van der Waals surface area contributed by atoms with Gasteiger partial charge in [0, 0.05) is 19.2 Å². The van der Waals surface area contributed by atoms with Crippen LogP contribution in [0.15, 0.2) is 54.6 Å². The maximum Gasteiger partial charge on any atom is 0.131 e. The lowest BCUT2D eigenvalue weighted by atomic mass is 10.1. The molecule has 28 heavy (non-hydrogen) atoms. The molecule has 0 amide bonds. The number of nitrogens with one attached hydrogen (secondary N) is 2. The van der Waals surface area contributed by atoms with E-state index >= 15 is 0 Å². The van der Waals surface area contributed by atoms with Crippen molar-refractivity contribution in [3.8, 4) is 5.75 Å². The van der Waals surface area contributed by atoms with Gasteiger partial charge in [-0.1, -0.05) is 24.3 Å². The zero-order valence-electron chi connectivity index (χ0n) is 16.2. The fraction of sp³-hybridized carbons (Fsp3) is 0.273. The molecule has 0 radical (unpaired) electrons. The Balaban J connectivity index is 1.51. The molecule has 0 bridgehead atoms. The molecular weight excluding hydrogens is 355 g/mol. The maximum atomic E-state index is 13.0. The van der Waals surface area contributed by atoms with Crippen LogP contribution in [0.1, 0.15) is 17.0 Å². The first kappa shape index (κ1) is 19.6. The molecule has 0 fully saturated rings. The first-order chi connectivity index (χ1) is 13.6. The highest BCUT2D eigenvalue weighted by atomic mass is 19.1. The molecule has 0 atom stereocenters. The molecule has 0 aliphatic rings. The second kappa shape index (κ2) is 9.69. The molecule has 2 N–H and O–H groups in total. The van der Waals surface area contributed by atoms with E-state index < -0.39 is 0 Å². The first-order valence-corrected chi connectivity index (χ1v) is 9.33. The third-order valence-corrected chi connectivity index (χ3v) is 4.32. The molecule has 5 nitrogen and oxygen atoms in total. The molecule has 2 aromatic carbocycles. The number of aryl methyl sites for hydroxylation is 1. The number of hydrogen-bond acceptors (Lipinski definition) is 5. The summed E-state index contributed by atoms with van der Waals surface area (Å²) in [5, 5.41) is 6.66. The second-order valence-electron chi connectivity index (χ2n) is 6.52. The first-order valence-electron chi connectivity index (χ1n) is 9.33. The van der Waals surface area contributed by atoms with Gasteiger partial charge < -0.3 is 15.4 Å². The number of methoxy groups -OCH3 is 1. The van der Waals surface area contributed by atoms with Crippen molar-refractivity contribution >= 4 is 11.6 Å². The van der Waals surface area contributed by atoms with E-state index in [1.165, 1.54) is 17.7 Å². The van der Waals surface area contributed by atoms with Gasteiger partial charge in [-0.15, -0.1) is 0 Å². The van der Waals surface area contributed by atoms with Crippen LogP contribution in [0.4, 0.5) is 16.0 Å². The average Bonchev–Trinajstić information content (AvgIpc) is 2.69.